The highest BCUT2D eigenvalue weighted by Gasteiger charge is 2.44. The minimum atomic E-state index is -0.313. The van der Waals surface area contributed by atoms with Gasteiger partial charge in [-0.15, -0.1) is 0 Å². The number of ether oxygens (including phenoxy) is 1. The predicted octanol–water partition coefficient (Wildman–Crippen LogP) is 4.51. The summed E-state index contributed by atoms with van der Waals surface area (Å²) >= 11 is 0. The Bertz CT molecular complexity index is 488. The molecular weight excluding hydrogens is 265 g/mol. The van der Waals surface area contributed by atoms with Crippen molar-refractivity contribution >= 4 is 0 Å². The first-order chi connectivity index (χ1) is 9.80. The van der Waals surface area contributed by atoms with Crippen LogP contribution in [-0.4, -0.2) is 12.2 Å². The highest BCUT2D eigenvalue weighted by molar-refractivity contribution is 5.31. The van der Waals surface area contributed by atoms with Gasteiger partial charge < -0.3 is 10.5 Å². The molecule has 21 heavy (non-hydrogen) atoms. The molecule has 2 N–H and O–H groups in total. The second kappa shape index (κ2) is 6.05. The van der Waals surface area contributed by atoms with Crippen LogP contribution in [0.5, 0.6) is 0 Å². The summed E-state index contributed by atoms with van der Waals surface area (Å²) < 4.78 is 19.5. The van der Waals surface area contributed by atoms with Crippen LogP contribution in [0.15, 0.2) is 18.2 Å². The minimum Gasteiger partial charge on any atom is -0.373 e. The fourth-order valence-corrected chi connectivity index (χ4v) is 3.45. The molecule has 0 aliphatic heterocycles. The van der Waals surface area contributed by atoms with E-state index in [1.165, 1.54) is 6.07 Å². The van der Waals surface area contributed by atoms with Crippen LogP contribution in [0.3, 0.4) is 0 Å². The third kappa shape index (κ3) is 3.46. The third-order valence-corrected chi connectivity index (χ3v) is 5.02. The van der Waals surface area contributed by atoms with Crippen molar-refractivity contribution in [1.29, 1.82) is 0 Å². The van der Waals surface area contributed by atoms with E-state index in [1.807, 2.05) is 19.9 Å². The SMILES string of the molecule is CCOC1(C(N)c2ccc(F)cc2C)CCC(C)(C)CC1. The Morgan fingerprint density at radius 3 is 2.38 bits per heavy atom. The molecule has 0 spiro atoms. The Morgan fingerprint density at radius 2 is 1.86 bits per heavy atom. The van der Waals surface area contributed by atoms with Gasteiger partial charge in [-0.3, -0.25) is 0 Å². The summed E-state index contributed by atoms with van der Waals surface area (Å²) in [6, 6.07) is 4.67. The van der Waals surface area contributed by atoms with Crippen LogP contribution in [-0.2, 0) is 4.74 Å². The zero-order valence-corrected chi connectivity index (χ0v) is 13.7. The molecule has 1 atom stereocenters. The molecule has 2 rings (SSSR count). The van der Waals surface area contributed by atoms with Crippen molar-refractivity contribution < 1.29 is 9.13 Å². The van der Waals surface area contributed by atoms with Crippen molar-refractivity contribution in [3.8, 4) is 0 Å². The second-order valence-electron chi connectivity index (χ2n) is 7.14. The quantitative estimate of drug-likeness (QED) is 0.886. The van der Waals surface area contributed by atoms with E-state index in [9.17, 15) is 4.39 Å². The average molecular weight is 293 g/mol. The standard InChI is InChI=1S/C18H28FNO/c1-5-21-18(10-8-17(3,4)9-11-18)16(20)15-7-6-14(19)12-13(15)2/h6-7,12,16H,5,8-11,20H2,1-4H3. The van der Waals surface area contributed by atoms with Crippen molar-refractivity contribution in [1.82, 2.24) is 0 Å². The van der Waals surface area contributed by atoms with Crippen molar-refractivity contribution in [3.05, 3.63) is 35.1 Å². The van der Waals surface area contributed by atoms with Crippen LogP contribution in [0.4, 0.5) is 4.39 Å². The van der Waals surface area contributed by atoms with E-state index in [4.69, 9.17) is 10.5 Å². The molecule has 3 heteroatoms. The van der Waals surface area contributed by atoms with Crippen LogP contribution in [0.1, 0.15) is 63.6 Å². The maximum Gasteiger partial charge on any atom is 0.123 e. The Balaban J connectivity index is 2.29. The Labute approximate surface area is 127 Å². The first kappa shape index (κ1) is 16.4. The number of rotatable bonds is 4. The lowest BCUT2D eigenvalue weighted by Crippen LogP contribution is -2.48. The molecule has 1 unspecified atom stereocenters. The summed E-state index contributed by atoms with van der Waals surface area (Å²) in [7, 11) is 0. The number of nitrogens with two attached hydrogens (primary N) is 1. The van der Waals surface area contributed by atoms with Gasteiger partial charge >= 0.3 is 0 Å². The lowest BCUT2D eigenvalue weighted by atomic mass is 9.67. The summed E-state index contributed by atoms with van der Waals surface area (Å²) in [5.74, 6) is -0.210. The van der Waals surface area contributed by atoms with Crippen molar-refractivity contribution in [2.24, 2.45) is 11.1 Å². The van der Waals surface area contributed by atoms with Crippen LogP contribution < -0.4 is 5.73 Å². The lowest BCUT2D eigenvalue weighted by molar-refractivity contribution is -0.100. The molecule has 2 nitrogen and oxygen atoms in total. The van der Waals surface area contributed by atoms with E-state index in [1.54, 1.807) is 6.07 Å². The lowest BCUT2D eigenvalue weighted by Gasteiger charge is -2.46. The van der Waals surface area contributed by atoms with Gasteiger partial charge in [-0.05, 0) is 68.2 Å². The molecular formula is C18H28FNO. The largest absolute Gasteiger partial charge is 0.373 e. The molecule has 118 valence electrons. The number of hydrogen-bond donors (Lipinski definition) is 1. The van der Waals surface area contributed by atoms with Crippen LogP contribution in [0.25, 0.3) is 0 Å². The van der Waals surface area contributed by atoms with E-state index in [2.05, 4.69) is 13.8 Å². The van der Waals surface area contributed by atoms with E-state index in [0.29, 0.717) is 12.0 Å². The van der Waals surface area contributed by atoms with Crippen molar-refractivity contribution in [2.75, 3.05) is 6.61 Å². The predicted molar refractivity (Wildman–Crippen MR) is 84.7 cm³/mol. The molecule has 0 amide bonds. The third-order valence-electron chi connectivity index (χ3n) is 5.02. The van der Waals surface area contributed by atoms with Crippen molar-refractivity contribution in [3.63, 3.8) is 0 Å². The van der Waals surface area contributed by atoms with Gasteiger partial charge in [0.05, 0.1) is 11.6 Å². The maximum atomic E-state index is 13.3. The molecule has 1 aromatic rings. The fourth-order valence-electron chi connectivity index (χ4n) is 3.45. The summed E-state index contributed by atoms with van der Waals surface area (Å²) in [5.41, 5.74) is 8.54. The zero-order valence-electron chi connectivity index (χ0n) is 13.7. The molecule has 1 aromatic carbocycles. The number of benzene rings is 1. The second-order valence-corrected chi connectivity index (χ2v) is 7.14. The highest BCUT2D eigenvalue weighted by Crippen LogP contribution is 2.47. The summed E-state index contributed by atoms with van der Waals surface area (Å²) in [6.45, 7) is 9.21. The average Bonchev–Trinajstić information content (AvgIpc) is 2.41. The number of hydrogen-bond acceptors (Lipinski definition) is 2. The molecule has 0 heterocycles. The molecule has 1 saturated carbocycles. The molecule has 1 fully saturated rings. The Kier molecular flexibility index (Phi) is 4.74. The first-order valence-corrected chi connectivity index (χ1v) is 7.95. The van der Waals surface area contributed by atoms with E-state index >= 15 is 0 Å². The van der Waals surface area contributed by atoms with Gasteiger partial charge in [0, 0.05) is 6.61 Å². The maximum absolute atomic E-state index is 13.3. The molecule has 1 aliphatic carbocycles. The van der Waals surface area contributed by atoms with E-state index < -0.39 is 0 Å². The van der Waals surface area contributed by atoms with E-state index in [-0.39, 0.29) is 17.5 Å². The van der Waals surface area contributed by atoms with Crippen LogP contribution in [0.2, 0.25) is 0 Å². The topological polar surface area (TPSA) is 35.2 Å². The summed E-state index contributed by atoms with van der Waals surface area (Å²) in [4.78, 5) is 0. The molecule has 0 radical (unpaired) electrons. The summed E-state index contributed by atoms with van der Waals surface area (Å²) in [5, 5.41) is 0. The summed E-state index contributed by atoms with van der Waals surface area (Å²) in [6.07, 6.45) is 4.15. The highest BCUT2D eigenvalue weighted by atomic mass is 19.1. The normalized spacial score (nSPS) is 22.0. The Morgan fingerprint density at radius 1 is 1.24 bits per heavy atom. The Hall–Kier alpha value is -0.930. The van der Waals surface area contributed by atoms with Gasteiger partial charge in [-0.2, -0.15) is 0 Å². The van der Waals surface area contributed by atoms with Gasteiger partial charge in [0.15, 0.2) is 0 Å². The molecule has 0 bridgehead atoms. The van der Waals surface area contributed by atoms with E-state index in [0.717, 1.165) is 36.8 Å². The number of aryl methyl sites for hydroxylation is 1. The number of halogens is 1. The smallest absolute Gasteiger partial charge is 0.123 e. The zero-order chi connectivity index (χ0) is 15.7. The van der Waals surface area contributed by atoms with Gasteiger partial charge in [-0.1, -0.05) is 19.9 Å². The van der Waals surface area contributed by atoms with Crippen molar-refractivity contribution in [2.45, 2.75) is 65.0 Å². The van der Waals surface area contributed by atoms with Crippen LogP contribution >= 0.6 is 0 Å². The van der Waals surface area contributed by atoms with Gasteiger partial charge in [0.25, 0.3) is 0 Å². The fraction of sp³-hybridized carbons (Fsp3) is 0.667. The molecule has 0 saturated heterocycles. The van der Waals surface area contributed by atoms with Gasteiger partial charge in [0.2, 0.25) is 0 Å². The van der Waals surface area contributed by atoms with Gasteiger partial charge in [-0.25, -0.2) is 4.39 Å². The molecule has 0 aromatic heterocycles. The molecule has 1 aliphatic rings. The first-order valence-electron chi connectivity index (χ1n) is 7.95. The minimum absolute atomic E-state index is 0.200. The monoisotopic (exact) mass is 293 g/mol. The van der Waals surface area contributed by atoms with Gasteiger partial charge in [0.1, 0.15) is 5.82 Å². The van der Waals surface area contributed by atoms with Crippen LogP contribution in [0, 0.1) is 18.2 Å².